The number of rotatable bonds is 9. The first-order chi connectivity index (χ1) is 18.5. The van der Waals surface area contributed by atoms with Gasteiger partial charge in [0, 0.05) is 18.5 Å². The van der Waals surface area contributed by atoms with Crippen molar-refractivity contribution in [3.05, 3.63) is 90.0 Å². The molecule has 206 valence electrons. The number of nitrogens with zero attached hydrogens (tertiary/aromatic N) is 1. The smallest absolute Gasteiger partial charge is 0.262 e. The number of aryl methyl sites for hydroxylation is 1. The van der Waals surface area contributed by atoms with E-state index in [2.05, 4.69) is 10.0 Å². The molecular weight excluding hydrogens is 514 g/mol. The quantitative estimate of drug-likeness (QED) is 0.422. The van der Waals surface area contributed by atoms with Gasteiger partial charge in [-0.1, -0.05) is 54.6 Å². The van der Waals surface area contributed by atoms with Crippen LogP contribution in [-0.2, 0) is 32.5 Å². The second-order valence-electron chi connectivity index (χ2n) is 10.6. The third-order valence-electron chi connectivity index (χ3n) is 6.22. The topological polar surface area (TPSA) is 105 Å². The van der Waals surface area contributed by atoms with Gasteiger partial charge in [-0.15, -0.1) is 0 Å². The number of fused-ring (bicyclic) bond motifs is 1. The number of sulfonamides is 1. The van der Waals surface area contributed by atoms with Crippen LogP contribution in [0, 0.1) is 0 Å². The highest BCUT2D eigenvalue weighted by atomic mass is 32.2. The number of carbonyl (C=O) groups is 2. The molecule has 2 amide bonds. The summed E-state index contributed by atoms with van der Waals surface area (Å²) in [7, 11) is -3.63. The molecule has 0 fully saturated rings. The standard InChI is InChI=1S/C30H35N3O5S/c1-30(2,3)32-39(36,37)24-16-13-23(14-17-24)15-18-28(34)33-21-27(38-26-12-8-7-11-25(26)33)29(35)31-20-19-22-9-5-4-6-10-22/h4-14,16-17,27,32H,15,18-21H2,1-3H3,(H,31,35). The molecule has 1 aliphatic rings. The number of ether oxygens (including phenoxy) is 1. The number of benzene rings is 3. The Labute approximate surface area is 230 Å². The summed E-state index contributed by atoms with van der Waals surface area (Å²) in [6.45, 7) is 5.94. The average molecular weight is 550 g/mol. The number of amides is 2. The number of nitrogens with one attached hydrogen (secondary N) is 2. The lowest BCUT2D eigenvalue weighted by molar-refractivity contribution is -0.128. The van der Waals surface area contributed by atoms with Crippen molar-refractivity contribution in [3.8, 4) is 5.75 Å². The molecule has 8 nitrogen and oxygen atoms in total. The third-order valence-corrected chi connectivity index (χ3v) is 8.00. The van der Waals surface area contributed by atoms with Gasteiger partial charge in [-0.05, 0) is 69.0 Å². The molecular formula is C30H35N3O5S. The number of para-hydroxylation sites is 2. The average Bonchev–Trinajstić information content (AvgIpc) is 2.90. The Morgan fingerprint density at radius 1 is 0.897 bits per heavy atom. The van der Waals surface area contributed by atoms with Gasteiger partial charge in [-0.3, -0.25) is 9.59 Å². The summed E-state index contributed by atoms with van der Waals surface area (Å²) in [4.78, 5) is 28.0. The molecule has 0 saturated carbocycles. The van der Waals surface area contributed by atoms with Crippen LogP contribution in [0.25, 0.3) is 0 Å². The molecule has 1 unspecified atom stereocenters. The summed E-state index contributed by atoms with van der Waals surface area (Å²) >= 11 is 0. The van der Waals surface area contributed by atoms with Crippen molar-refractivity contribution in [1.82, 2.24) is 10.0 Å². The molecule has 0 spiro atoms. The Balaban J connectivity index is 1.38. The molecule has 0 aromatic heterocycles. The molecule has 39 heavy (non-hydrogen) atoms. The zero-order chi connectivity index (χ0) is 28.0. The van der Waals surface area contributed by atoms with Crippen molar-refractivity contribution < 1.29 is 22.7 Å². The van der Waals surface area contributed by atoms with Crippen LogP contribution in [0.5, 0.6) is 5.75 Å². The summed E-state index contributed by atoms with van der Waals surface area (Å²) in [5.41, 5.74) is 2.01. The number of hydrogen-bond acceptors (Lipinski definition) is 5. The summed E-state index contributed by atoms with van der Waals surface area (Å²) in [6.07, 6.45) is 0.507. The molecule has 4 rings (SSSR count). The van der Waals surface area contributed by atoms with E-state index in [9.17, 15) is 18.0 Å². The molecule has 3 aromatic rings. The summed E-state index contributed by atoms with van der Waals surface area (Å²) in [5.74, 6) is 0.0825. The second-order valence-corrected chi connectivity index (χ2v) is 12.3. The molecule has 1 heterocycles. The van der Waals surface area contributed by atoms with E-state index in [1.165, 1.54) is 0 Å². The minimum Gasteiger partial charge on any atom is -0.477 e. The molecule has 0 saturated heterocycles. The Bertz CT molecular complexity index is 1400. The summed E-state index contributed by atoms with van der Waals surface area (Å²) in [5, 5.41) is 2.92. The zero-order valence-corrected chi connectivity index (χ0v) is 23.3. The largest absolute Gasteiger partial charge is 0.477 e. The van der Waals surface area contributed by atoms with Crippen LogP contribution in [0.1, 0.15) is 38.3 Å². The fourth-order valence-electron chi connectivity index (χ4n) is 4.38. The van der Waals surface area contributed by atoms with Crippen LogP contribution in [0.15, 0.2) is 83.8 Å². The first-order valence-corrected chi connectivity index (χ1v) is 14.5. The Kier molecular flexibility index (Phi) is 8.72. The summed E-state index contributed by atoms with van der Waals surface area (Å²) < 4.78 is 33.7. The van der Waals surface area contributed by atoms with Crippen molar-refractivity contribution in [2.75, 3.05) is 18.0 Å². The first kappa shape index (κ1) is 28.3. The highest BCUT2D eigenvalue weighted by Crippen LogP contribution is 2.33. The molecule has 1 aliphatic heterocycles. The van der Waals surface area contributed by atoms with Gasteiger partial charge < -0.3 is 15.0 Å². The van der Waals surface area contributed by atoms with Crippen LogP contribution < -0.4 is 19.7 Å². The van der Waals surface area contributed by atoms with Gasteiger partial charge >= 0.3 is 0 Å². The monoisotopic (exact) mass is 549 g/mol. The normalized spacial score (nSPS) is 15.3. The number of hydrogen-bond donors (Lipinski definition) is 2. The van der Waals surface area contributed by atoms with Gasteiger partial charge in [0.2, 0.25) is 15.9 Å². The van der Waals surface area contributed by atoms with Gasteiger partial charge in [0.1, 0.15) is 5.75 Å². The van der Waals surface area contributed by atoms with E-state index in [0.717, 1.165) is 11.1 Å². The van der Waals surface area contributed by atoms with Crippen molar-refractivity contribution in [2.24, 2.45) is 0 Å². The van der Waals surface area contributed by atoms with E-state index < -0.39 is 21.7 Å². The van der Waals surface area contributed by atoms with Crippen LogP contribution in [-0.4, -0.2) is 45.0 Å². The molecule has 0 aliphatic carbocycles. The van der Waals surface area contributed by atoms with E-state index >= 15 is 0 Å². The van der Waals surface area contributed by atoms with Crippen molar-refractivity contribution >= 4 is 27.5 Å². The molecule has 3 aromatic carbocycles. The minimum atomic E-state index is -3.63. The van der Waals surface area contributed by atoms with Crippen molar-refractivity contribution in [1.29, 1.82) is 0 Å². The molecule has 0 bridgehead atoms. The van der Waals surface area contributed by atoms with Gasteiger partial charge in [0.15, 0.2) is 6.10 Å². The number of carbonyl (C=O) groups excluding carboxylic acids is 2. The highest BCUT2D eigenvalue weighted by Gasteiger charge is 2.33. The third kappa shape index (κ3) is 7.68. The number of anilines is 1. The lowest BCUT2D eigenvalue weighted by Crippen LogP contribution is -2.51. The van der Waals surface area contributed by atoms with Gasteiger partial charge in [-0.2, -0.15) is 0 Å². The lowest BCUT2D eigenvalue weighted by atomic mass is 10.1. The predicted octanol–water partition coefficient (Wildman–Crippen LogP) is 3.85. The predicted molar refractivity (Wildman–Crippen MR) is 151 cm³/mol. The zero-order valence-electron chi connectivity index (χ0n) is 22.5. The summed E-state index contributed by atoms with van der Waals surface area (Å²) in [6, 6.07) is 23.6. The van der Waals surface area contributed by atoms with Crippen LogP contribution in [0.4, 0.5) is 5.69 Å². The van der Waals surface area contributed by atoms with Gasteiger partial charge in [-0.25, -0.2) is 13.1 Å². The Hall–Kier alpha value is -3.69. The SMILES string of the molecule is CC(C)(C)NS(=O)(=O)c1ccc(CCC(=O)N2CC(C(=O)NCCc3ccccc3)Oc3ccccc32)cc1. The van der Waals surface area contributed by atoms with Crippen molar-refractivity contribution in [2.45, 2.75) is 56.6 Å². The van der Waals surface area contributed by atoms with E-state index in [4.69, 9.17) is 4.74 Å². The van der Waals surface area contributed by atoms with E-state index in [1.807, 2.05) is 36.4 Å². The van der Waals surface area contributed by atoms with E-state index in [1.54, 1.807) is 68.1 Å². The second kappa shape index (κ2) is 12.0. The Morgan fingerprint density at radius 2 is 1.54 bits per heavy atom. The van der Waals surface area contributed by atoms with Crippen LogP contribution in [0.2, 0.25) is 0 Å². The first-order valence-electron chi connectivity index (χ1n) is 13.0. The van der Waals surface area contributed by atoms with Gasteiger partial charge in [0.25, 0.3) is 5.91 Å². The lowest BCUT2D eigenvalue weighted by Gasteiger charge is -2.34. The molecule has 0 radical (unpaired) electrons. The Morgan fingerprint density at radius 3 is 2.23 bits per heavy atom. The van der Waals surface area contributed by atoms with E-state index in [-0.39, 0.29) is 29.7 Å². The molecule has 1 atom stereocenters. The maximum Gasteiger partial charge on any atom is 0.262 e. The fourth-order valence-corrected chi connectivity index (χ4v) is 5.80. The fraction of sp³-hybridized carbons (Fsp3) is 0.333. The maximum atomic E-state index is 13.3. The molecule has 9 heteroatoms. The maximum absolute atomic E-state index is 13.3. The molecule has 2 N–H and O–H groups in total. The van der Waals surface area contributed by atoms with Crippen LogP contribution in [0.3, 0.4) is 0 Å². The highest BCUT2D eigenvalue weighted by molar-refractivity contribution is 7.89. The van der Waals surface area contributed by atoms with E-state index in [0.29, 0.717) is 30.8 Å². The van der Waals surface area contributed by atoms with Crippen molar-refractivity contribution in [3.63, 3.8) is 0 Å². The van der Waals surface area contributed by atoms with Crippen LogP contribution >= 0.6 is 0 Å². The van der Waals surface area contributed by atoms with Gasteiger partial charge in [0.05, 0.1) is 17.1 Å². The minimum absolute atomic E-state index is 0.114.